The maximum Gasteiger partial charge on any atom is 0.295 e. The number of Topliss-reactive ketones (excluding diaryl/α,β-unsaturated/α-hetero) is 1. The van der Waals surface area contributed by atoms with Crippen LogP contribution in [0.5, 0.6) is 5.75 Å². The van der Waals surface area contributed by atoms with Crippen LogP contribution in [0.3, 0.4) is 0 Å². The van der Waals surface area contributed by atoms with Crippen molar-refractivity contribution >= 4 is 23.1 Å². The van der Waals surface area contributed by atoms with Gasteiger partial charge in [0.15, 0.2) is 0 Å². The van der Waals surface area contributed by atoms with E-state index in [1.165, 1.54) is 29.2 Å². The number of carbonyl (C=O) groups excluding carboxylic acids is 2. The largest absolute Gasteiger partial charge is 0.507 e. The van der Waals surface area contributed by atoms with Crippen molar-refractivity contribution in [2.75, 3.05) is 0 Å². The summed E-state index contributed by atoms with van der Waals surface area (Å²) in [6.07, 6.45) is 3.19. The molecule has 1 aliphatic heterocycles. The quantitative estimate of drug-likeness (QED) is 0.104. The van der Waals surface area contributed by atoms with E-state index in [4.69, 9.17) is 4.74 Å². The molecular formula is C31H25N3O6. The molecule has 40 heavy (non-hydrogen) atoms. The number of aromatic nitrogens is 1. The summed E-state index contributed by atoms with van der Waals surface area (Å²) in [7, 11) is 0. The fourth-order valence-corrected chi connectivity index (χ4v) is 4.73. The summed E-state index contributed by atoms with van der Waals surface area (Å²) < 4.78 is 5.89. The number of benzene rings is 3. The van der Waals surface area contributed by atoms with E-state index in [2.05, 4.69) is 4.98 Å². The number of ketones is 1. The Morgan fingerprint density at radius 2 is 1.73 bits per heavy atom. The molecule has 9 nitrogen and oxygen atoms in total. The molecule has 4 aromatic rings. The van der Waals surface area contributed by atoms with E-state index in [0.717, 1.165) is 5.56 Å². The highest BCUT2D eigenvalue weighted by Gasteiger charge is 2.46. The number of likely N-dealkylation sites (tertiary alicyclic amines) is 1. The topological polar surface area (TPSA) is 123 Å². The number of pyridine rings is 1. The van der Waals surface area contributed by atoms with Gasteiger partial charge in [0.05, 0.1) is 16.5 Å². The third-order valence-corrected chi connectivity index (χ3v) is 6.74. The van der Waals surface area contributed by atoms with Crippen molar-refractivity contribution < 1.29 is 24.4 Å². The van der Waals surface area contributed by atoms with Gasteiger partial charge < -0.3 is 14.7 Å². The molecule has 3 aromatic carbocycles. The van der Waals surface area contributed by atoms with Crippen molar-refractivity contribution in [1.82, 2.24) is 9.88 Å². The summed E-state index contributed by atoms with van der Waals surface area (Å²) in [6, 6.07) is 22.9. The normalized spacial score (nSPS) is 16.2. The predicted octanol–water partition coefficient (Wildman–Crippen LogP) is 5.50. The van der Waals surface area contributed by atoms with Gasteiger partial charge in [-0.25, -0.2) is 0 Å². The fraction of sp³-hybridized carbons (Fsp3) is 0.129. The summed E-state index contributed by atoms with van der Waals surface area (Å²) >= 11 is 0. The van der Waals surface area contributed by atoms with Crippen molar-refractivity contribution in [2.45, 2.75) is 26.1 Å². The smallest absolute Gasteiger partial charge is 0.295 e. The lowest BCUT2D eigenvalue weighted by molar-refractivity contribution is -0.384. The lowest BCUT2D eigenvalue weighted by atomic mass is 9.93. The Kier molecular flexibility index (Phi) is 7.37. The second-order valence-corrected chi connectivity index (χ2v) is 9.39. The van der Waals surface area contributed by atoms with Crippen LogP contribution in [-0.4, -0.2) is 31.6 Å². The summed E-state index contributed by atoms with van der Waals surface area (Å²) in [4.78, 5) is 42.7. The number of rotatable bonds is 8. The zero-order valence-corrected chi connectivity index (χ0v) is 21.6. The number of aliphatic hydroxyl groups excluding tert-OH is 1. The fourth-order valence-electron chi connectivity index (χ4n) is 4.73. The Morgan fingerprint density at radius 1 is 1.00 bits per heavy atom. The Bertz CT molecular complexity index is 1600. The maximum atomic E-state index is 13.4. The third-order valence-electron chi connectivity index (χ3n) is 6.74. The van der Waals surface area contributed by atoms with Crippen LogP contribution in [0.25, 0.3) is 5.76 Å². The summed E-state index contributed by atoms with van der Waals surface area (Å²) in [5.41, 5.74) is 2.94. The van der Waals surface area contributed by atoms with Crippen molar-refractivity contribution in [3.63, 3.8) is 0 Å². The molecule has 0 aliphatic carbocycles. The summed E-state index contributed by atoms with van der Waals surface area (Å²) in [5.74, 6) is -1.37. The Labute approximate surface area is 230 Å². The molecular weight excluding hydrogens is 510 g/mol. The number of nitro groups is 1. The molecule has 1 saturated heterocycles. The first kappa shape index (κ1) is 26.3. The summed E-state index contributed by atoms with van der Waals surface area (Å²) in [6.45, 7) is 2.20. The van der Waals surface area contributed by atoms with Crippen LogP contribution in [-0.2, 0) is 22.7 Å². The first-order valence-electron chi connectivity index (χ1n) is 12.5. The van der Waals surface area contributed by atoms with Gasteiger partial charge in [0.1, 0.15) is 18.1 Å². The average Bonchev–Trinajstić information content (AvgIpc) is 3.22. The second kappa shape index (κ2) is 11.2. The highest BCUT2D eigenvalue weighted by atomic mass is 16.6. The first-order chi connectivity index (χ1) is 19.3. The highest BCUT2D eigenvalue weighted by molar-refractivity contribution is 6.46. The molecule has 0 spiro atoms. The van der Waals surface area contributed by atoms with Gasteiger partial charge in [-0.3, -0.25) is 24.7 Å². The van der Waals surface area contributed by atoms with Crippen LogP contribution in [0, 0.1) is 17.0 Å². The molecule has 1 aliphatic rings. The van der Waals surface area contributed by atoms with Crippen molar-refractivity contribution in [3.05, 3.63) is 141 Å². The molecule has 0 bridgehead atoms. The molecule has 2 heterocycles. The highest BCUT2D eigenvalue weighted by Crippen LogP contribution is 2.41. The van der Waals surface area contributed by atoms with Gasteiger partial charge in [-0.05, 0) is 65.6 Å². The Morgan fingerprint density at radius 3 is 2.38 bits per heavy atom. The van der Waals surface area contributed by atoms with E-state index in [1.807, 2.05) is 30.3 Å². The third kappa shape index (κ3) is 5.30. The molecule has 9 heteroatoms. The zero-order chi connectivity index (χ0) is 28.2. The minimum atomic E-state index is -0.964. The standard InChI is InChI=1S/C31H25N3O6/c1-20-16-25(40-19-21-6-3-2-4-7-21)13-14-26(20)29(35)27-28(23-9-11-24(12-10-23)34(38)39)33(31(37)30(27)36)18-22-8-5-15-32-17-22/h2-17,28,35H,18-19H2,1H3/t28-/m1/s1. The summed E-state index contributed by atoms with van der Waals surface area (Å²) in [5, 5.41) is 22.7. The van der Waals surface area contributed by atoms with Crippen molar-refractivity contribution in [2.24, 2.45) is 0 Å². The van der Waals surface area contributed by atoms with E-state index in [0.29, 0.717) is 34.6 Å². The van der Waals surface area contributed by atoms with Gasteiger partial charge in [0, 0.05) is 36.6 Å². The second-order valence-electron chi connectivity index (χ2n) is 9.39. The number of carbonyl (C=O) groups is 2. The van der Waals surface area contributed by atoms with Crippen molar-refractivity contribution in [1.29, 1.82) is 0 Å². The van der Waals surface area contributed by atoms with E-state index in [1.54, 1.807) is 49.6 Å². The van der Waals surface area contributed by atoms with Crippen LogP contribution in [0.15, 0.2) is 103 Å². The molecule has 200 valence electrons. The number of aliphatic hydroxyl groups is 1. The van der Waals surface area contributed by atoms with E-state index in [9.17, 15) is 24.8 Å². The van der Waals surface area contributed by atoms with Crippen LogP contribution >= 0.6 is 0 Å². The number of nitrogens with zero attached hydrogens (tertiary/aromatic N) is 3. The first-order valence-corrected chi connectivity index (χ1v) is 12.5. The van der Waals surface area contributed by atoms with Gasteiger partial charge in [-0.2, -0.15) is 0 Å². The molecule has 0 unspecified atom stereocenters. The van der Waals surface area contributed by atoms with Gasteiger partial charge in [0.25, 0.3) is 17.4 Å². The van der Waals surface area contributed by atoms with Crippen LogP contribution in [0.1, 0.15) is 33.9 Å². The average molecular weight is 536 g/mol. The number of hydrogen-bond acceptors (Lipinski definition) is 7. The monoisotopic (exact) mass is 535 g/mol. The van der Waals surface area contributed by atoms with Gasteiger partial charge in [0.2, 0.25) is 0 Å². The van der Waals surface area contributed by atoms with Crippen molar-refractivity contribution in [3.8, 4) is 5.75 Å². The maximum absolute atomic E-state index is 13.4. The molecule has 1 amide bonds. The van der Waals surface area contributed by atoms with Gasteiger partial charge in [-0.15, -0.1) is 0 Å². The molecule has 1 atom stereocenters. The molecule has 1 fully saturated rings. The molecule has 1 aromatic heterocycles. The van der Waals surface area contributed by atoms with Gasteiger partial charge >= 0.3 is 0 Å². The minimum Gasteiger partial charge on any atom is -0.507 e. The number of amides is 1. The molecule has 5 rings (SSSR count). The molecule has 0 radical (unpaired) electrons. The zero-order valence-electron chi connectivity index (χ0n) is 21.6. The SMILES string of the molecule is Cc1cc(OCc2ccccc2)ccc1C(O)=C1C(=O)C(=O)N(Cc2cccnc2)[C@@H]1c1ccc([N+](=O)[O-])cc1. The van der Waals surface area contributed by atoms with Gasteiger partial charge in [-0.1, -0.05) is 36.4 Å². The molecule has 1 N–H and O–H groups in total. The Hall–Kier alpha value is -5.31. The number of ether oxygens (including phenoxy) is 1. The van der Waals surface area contributed by atoms with Crippen LogP contribution < -0.4 is 4.74 Å². The lowest BCUT2D eigenvalue weighted by Crippen LogP contribution is -2.29. The van der Waals surface area contributed by atoms with E-state index < -0.39 is 22.7 Å². The number of aryl methyl sites for hydroxylation is 1. The predicted molar refractivity (Wildman–Crippen MR) is 147 cm³/mol. The Balaban J connectivity index is 1.53. The number of hydrogen-bond donors (Lipinski definition) is 1. The van der Waals surface area contributed by atoms with Crippen LogP contribution in [0.4, 0.5) is 5.69 Å². The minimum absolute atomic E-state index is 0.0576. The molecule has 0 saturated carbocycles. The lowest BCUT2D eigenvalue weighted by Gasteiger charge is -2.25. The van der Waals surface area contributed by atoms with E-state index in [-0.39, 0.29) is 23.6 Å². The van der Waals surface area contributed by atoms with E-state index >= 15 is 0 Å². The number of non-ortho nitro benzene ring substituents is 1. The number of nitro benzene ring substituents is 1. The van der Waals surface area contributed by atoms with Crippen LogP contribution in [0.2, 0.25) is 0 Å².